The molecule has 0 fully saturated rings. The van der Waals surface area contributed by atoms with Crippen LogP contribution in [0.25, 0.3) is 0 Å². The smallest absolute Gasteiger partial charge is 0.147 e. The maximum atomic E-state index is 4.50. The van der Waals surface area contributed by atoms with Crippen molar-refractivity contribution in [3.05, 3.63) is 52.1 Å². The highest BCUT2D eigenvalue weighted by molar-refractivity contribution is 9.10. The van der Waals surface area contributed by atoms with Crippen LogP contribution in [-0.4, -0.2) is 11.5 Å². The van der Waals surface area contributed by atoms with E-state index in [1.54, 1.807) is 0 Å². The van der Waals surface area contributed by atoms with Crippen LogP contribution >= 0.6 is 15.9 Å². The fourth-order valence-electron chi connectivity index (χ4n) is 2.52. The standard InChI is InChI=1S/C15H15BrN2/c1-11-6-7-14-12(10-11)4-3-9-18(14)15-13(16)5-2-8-17-15/h2,5-8,10H,3-4,9H2,1H3. The van der Waals surface area contributed by atoms with E-state index in [-0.39, 0.29) is 0 Å². The Balaban J connectivity index is 2.09. The Labute approximate surface area is 116 Å². The van der Waals surface area contributed by atoms with E-state index in [0.29, 0.717) is 0 Å². The molecule has 2 aromatic rings. The first kappa shape index (κ1) is 11.7. The van der Waals surface area contributed by atoms with Gasteiger partial charge in [-0.2, -0.15) is 0 Å². The second-order valence-electron chi connectivity index (χ2n) is 4.70. The molecule has 0 N–H and O–H groups in total. The summed E-state index contributed by atoms with van der Waals surface area (Å²) < 4.78 is 1.05. The molecule has 3 heteroatoms. The van der Waals surface area contributed by atoms with Crippen molar-refractivity contribution in [1.82, 2.24) is 4.98 Å². The molecular weight excluding hydrogens is 288 g/mol. The third-order valence-electron chi connectivity index (χ3n) is 3.35. The van der Waals surface area contributed by atoms with Gasteiger partial charge in [0.1, 0.15) is 5.82 Å². The zero-order chi connectivity index (χ0) is 12.5. The molecule has 92 valence electrons. The average Bonchev–Trinajstić information content (AvgIpc) is 2.38. The highest BCUT2D eigenvalue weighted by Gasteiger charge is 2.20. The molecule has 18 heavy (non-hydrogen) atoms. The van der Waals surface area contributed by atoms with Crippen molar-refractivity contribution in [2.24, 2.45) is 0 Å². The number of hydrogen-bond acceptors (Lipinski definition) is 2. The van der Waals surface area contributed by atoms with Gasteiger partial charge in [-0.3, -0.25) is 0 Å². The average molecular weight is 303 g/mol. The number of hydrogen-bond donors (Lipinski definition) is 0. The number of rotatable bonds is 1. The van der Waals surface area contributed by atoms with E-state index in [4.69, 9.17) is 0 Å². The van der Waals surface area contributed by atoms with Gasteiger partial charge in [0.25, 0.3) is 0 Å². The van der Waals surface area contributed by atoms with Gasteiger partial charge < -0.3 is 4.90 Å². The summed E-state index contributed by atoms with van der Waals surface area (Å²) in [6.45, 7) is 3.18. The Kier molecular flexibility index (Phi) is 3.08. The fourth-order valence-corrected chi connectivity index (χ4v) is 2.99. The third kappa shape index (κ3) is 2.03. The Morgan fingerprint density at radius 3 is 3.00 bits per heavy atom. The van der Waals surface area contributed by atoms with Crippen molar-refractivity contribution in [2.45, 2.75) is 19.8 Å². The molecule has 0 bridgehead atoms. The number of aryl methyl sites for hydroxylation is 2. The van der Waals surface area contributed by atoms with Crippen LogP contribution in [0.3, 0.4) is 0 Å². The normalized spacial score (nSPS) is 14.4. The molecule has 0 amide bonds. The molecule has 1 aliphatic rings. The number of pyridine rings is 1. The second-order valence-corrected chi connectivity index (χ2v) is 5.55. The number of halogens is 1. The van der Waals surface area contributed by atoms with Crippen molar-refractivity contribution >= 4 is 27.4 Å². The molecule has 0 atom stereocenters. The molecule has 1 aromatic carbocycles. The highest BCUT2D eigenvalue weighted by Crippen LogP contribution is 2.35. The Morgan fingerprint density at radius 1 is 1.28 bits per heavy atom. The SMILES string of the molecule is Cc1ccc2c(c1)CCCN2c1ncccc1Br. The van der Waals surface area contributed by atoms with Crippen LogP contribution in [0.4, 0.5) is 11.5 Å². The van der Waals surface area contributed by atoms with E-state index in [1.165, 1.54) is 23.2 Å². The van der Waals surface area contributed by atoms with Crippen molar-refractivity contribution < 1.29 is 0 Å². The van der Waals surface area contributed by atoms with Crippen LogP contribution in [0.1, 0.15) is 17.5 Å². The number of nitrogens with zero attached hydrogens (tertiary/aromatic N) is 2. The first-order valence-electron chi connectivity index (χ1n) is 6.23. The molecule has 3 rings (SSSR count). The second kappa shape index (κ2) is 4.73. The van der Waals surface area contributed by atoms with E-state index in [2.05, 4.69) is 50.9 Å². The Bertz CT molecular complexity index is 580. The Morgan fingerprint density at radius 2 is 2.17 bits per heavy atom. The monoisotopic (exact) mass is 302 g/mol. The lowest BCUT2D eigenvalue weighted by Gasteiger charge is -2.31. The first-order chi connectivity index (χ1) is 8.75. The summed E-state index contributed by atoms with van der Waals surface area (Å²) in [5.74, 6) is 1.02. The van der Waals surface area contributed by atoms with Gasteiger partial charge >= 0.3 is 0 Å². The van der Waals surface area contributed by atoms with Gasteiger partial charge in [-0.1, -0.05) is 17.7 Å². The van der Waals surface area contributed by atoms with Crippen molar-refractivity contribution in [2.75, 3.05) is 11.4 Å². The minimum absolute atomic E-state index is 1.02. The molecule has 0 saturated heterocycles. The topological polar surface area (TPSA) is 16.1 Å². The van der Waals surface area contributed by atoms with Crippen molar-refractivity contribution in [3.63, 3.8) is 0 Å². The van der Waals surface area contributed by atoms with Crippen LogP contribution in [-0.2, 0) is 6.42 Å². The lowest BCUT2D eigenvalue weighted by Crippen LogP contribution is -2.25. The summed E-state index contributed by atoms with van der Waals surface area (Å²) in [4.78, 5) is 6.81. The van der Waals surface area contributed by atoms with Crippen LogP contribution in [0.5, 0.6) is 0 Å². The maximum Gasteiger partial charge on any atom is 0.147 e. The maximum absolute atomic E-state index is 4.50. The summed E-state index contributed by atoms with van der Waals surface area (Å²) in [5, 5.41) is 0. The van der Waals surface area contributed by atoms with Crippen LogP contribution < -0.4 is 4.90 Å². The molecule has 0 aliphatic carbocycles. The van der Waals surface area contributed by atoms with Crippen molar-refractivity contribution in [3.8, 4) is 0 Å². The van der Waals surface area contributed by atoms with Gasteiger partial charge in [-0.15, -0.1) is 0 Å². The van der Waals surface area contributed by atoms with E-state index in [1.807, 2.05) is 18.3 Å². The fraction of sp³-hybridized carbons (Fsp3) is 0.267. The Hall–Kier alpha value is -1.35. The predicted octanol–water partition coefficient (Wildman–Crippen LogP) is 4.24. The van der Waals surface area contributed by atoms with Crippen LogP contribution in [0.2, 0.25) is 0 Å². The van der Waals surface area contributed by atoms with Gasteiger partial charge in [-0.25, -0.2) is 4.98 Å². The van der Waals surface area contributed by atoms with E-state index in [9.17, 15) is 0 Å². The highest BCUT2D eigenvalue weighted by atomic mass is 79.9. The summed E-state index contributed by atoms with van der Waals surface area (Å²) in [7, 11) is 0. The number of aromatic nitrogens is 1. The minimum Gasteiger partial charge on any atom is -0.325 e. The molecule has 2 nitrogen and oxygen atoms in total. The van der Waals surface area contributed by atoms with Gasteiger partial charge in [0, 0.05) is 18.4 Å². The van der Waals surface area contributed by atoms with Crippen LogP contribution in [0.15, 0.2) is 41.0 Å². The van der Waals surface area contributed by atoms with E-state index >= 15 is 0 Å². The summed E-state index contributed by atoms with van der Waals surface area (Å²) in [5.41, 5.74) is 4.06. The molecule has 2 heterocycles. The molecule has 0 spiro atoms. The number of fused-ring (bicyclic) bond motifs is 1. The quantitative estimate of drug-likeness (QED) is 0.783. The predicted molar refractivity (Wildman–Crippen MR) is 78.4 cm³/mol. The molecule has 0 saturated carbocycles. The largest absolute Gasteiger partial charge is 0.325 e. The van der Waals surface area contributed by atoms with Crippen LogP contribution in [0, 0.1) is 6.92 Å². The molecular formula is C15H15BrN2. The molecule has 1 aliphatic heterocycles. The minimum atomic E-state index is 1.02. The summed E-state index contributed by atoms with van der Waals surface area (Å²) in [6.07, 6.45) is 4.19. The number of anilines is 2. The zero-order valence-electron chi connectivity index (χ0n) is 10.4. The van der Waals surface area contributed by atoms with E-state index in [0.717, 1.165) is 23.3 Å². The summed E-state index contributed by atoms with van der Waals surface area (Å²) >= 11 is 3.59. The molecule has 0 unspecified atom stereocenters. The van der Waals surface area contributed by atoms with Gasteiger partial charge in [0.05, 0.1) is 4.47 Å². The summed E-state index contributed by atoms with van der Waals surface area (Å²) in [6, 6.07) is 10.7. The number of benzene rings is 1. The molecule has 1 aromatic heterocycles. The zero-order valence-corrected chi connectivity index (χ0v) is 11.9. The van der Waals surface area contributed by atoms with Crippen molar-refractivity contribution in [1.29, 1.82) is 0 Å². The lowest BCUT2D eigenvalue weighted by atomic mass is 9.99. The van der Waals surface area contributed by atoms with Gasteiger partial charge in [0.2, 0.25) is 0 Å². The molecule has 0 radical (unpaired) electrons. The van der Waals surface area contributed by atoms with Gasteiger partial charge in [-0.05, 0) is 59.5 Å². The first-order valence-corrected chi connectivity index (χ1v) is 7.02. The lowest BCUT2D eigenvalue weighted by molar-refractivity contribution is 0.757. The third-order valence-corrected chi connectivity index (χ3v) is 3.97. The van der Waals surface area contributed by atoms with Gasteiger partial charge in [0.15, 0.2) is 0 Å². The van der Waals surface area contributed by atoms with E-state index < -0.39 is 0 Å².